The summed E-state index contributed by atoms with van der Waals surface area (Å²) in [6, 6.07) is 7.08. The molecule has 0 aliphatic heterocycles. The normalized spacial score (nSPS) is 41.9. The second-order valence-electron chi connectivity index (χ2n) is 10.8. The van der Waals surface area contributed by atoms with Crippen LogP contribution in [-0.2, 0) is 9.59 Å². The summed E-state index contributed by atoms with van der Waals surface area (Å²) >= 11 is 1.65. The largest absolute Gasteiger partial charge is 0.389 e. The number of rotatable bonds is 3. The van der Waals surface area contributed by atoms with Crippen molar-refractivity contribution >= 4 is 43.4 Å². The van der Waals surface area contributed by atoms with Crippen LogP contribution in [0.5, 0.6) is 0 Å². The van der Waals surface area contributed by atoms with Gasteiger partial charge in [-0.15, -0.1) is 5.10 Å². The van der Waals surface area contributed by atoms with Crippen LogP contribution in [0.15, 0.2) is 48.1 Å². The summed E-state index contributed by atoms with van der Waals surface area (Å²) in [5, 5.41) is 41.2. The third kappa shape index (κ3) is 2.90. The first kappa shape index (κ1) is 23.3. The van der Waals surface area contributed by atoms with Gasteiger partial charge in [0.15, 0.2) is 0 Å². The molecule has 0 saturated heterocycles. The highest BCUT2D eigenvalue weighted by Crippen LogP contribution is 2.73. The third-order valence-corrected chi connectivity index (χ3v) is 10.4. The molecule has 35 heavy (non-hydrogen) atoms. The topological polar surface area (TPSA) is 135 Å². The number of para-hydroxylation sites is 1. The predicted molar refractivity (Wildman–Crippen MR) is 132 cm³/mol. The molecule has 3 N–H and O–H groups in total. The molecule has 8 atom stereocenters. The molecule has 0 unspecified atom stereocenters. The van der Waals surface area contributed by atoms with Crippen molar-refractivity contribution in [3.05, 3.63) is 48.1 Å². The molecule has 1 heterocycles. The molecule has 3 fully saturated rings. The Balaban J connectivity index is 1.52. The van der Waals surface area contributed by atoms with Crippen LogP contribution in [0.25, 0.3) is 11.0 Å². The quantitative estimate of drug-likeness (QED) is 0.213. The van der Waals surface area contributed by atoms with Gasteiger partial charge in [0.1, 0.15) is 11.0 Å². The number of aliphatic hydroxyl groups excluding tert-OH is 2. The lowest BCUT2D eigenvalue weighted by Gasteiger charge is -2.45. The standard InChI is InChI=1S/C25H26IN3O6/c1-12-10-24-11-25(12,34)8-7-14(24)13-9-17(30)20(31)23(2,22(26)33)18(13)19(24)21(32)35-29-16-6-4-3-5-15(16)27-28-29/h3-6,9,14,17-20,30-31,34H,1,7-8,10-11H2,2H3/t14-,17+,18+,19+,20-,23-,24-,25-/m0/s1. The highest BCUT2D eigenvalue weighted by atomic mass is 127. The maximum Gasteiger partial charge on any atom is 0.339 e. The Labute approximate surface area is 214 Å². The lowest BCUT2D eigenvalue weighted by molar-refractivity contribution is -0.164. The van der Waals surface area contributed by atoms with E-state index in [1.807, 2.05) is 0 Å². The Morgan fingerprint density at radius 1 is 1.29 bits per heavy atom. The zero-order valence-corrected chi connectivity index (χ0v) is 21.3. The maximum absolute atomic E-state index is 14.1. The van der Waals surface area contributed by atoms with Crippen molar-refractivity contribution in [1.82, 2.24) is 15.2 Å². The zero-order valence-electron chi connectivity index (χ0n) is 19.1. The number of allylic oxidation sites excluding steroid dienone is 1. The summed E-state index contributed by atoms with van der Waals surface area (Å²) in [5.74, 6) is -2.33. The Morgan fingerprint density at radius 3 is 2.77 bits per heavy atom. The van der Waals surface area contributed by atoms with E-state index in [0.717, 1.165) is 10.4 Å². The molecule has 2 aromatic rings. The number of carbonyl (C=O) groups is 2. The van der Waals surface area contributed by atoms with Gasteiger partial charge in [-0.25, -0.2) is 4.79 Å². The fourth-order valence-electron chi connectivity index (χ4n) is 7.56. The van der Waals surface area contributed by atoms with Crippen LogP contribution in [0.2, 0.25) is 0 Å². The summed E-state index contributed by atoms with van der Waals surface area (Å²) in [5.41, 5.74) is -0.716. The summed E-state index contributed by atoms with van der Waals surface area (Å²) in [6.07, 6.45) is 0.787. The van der Waals surface area contributed by atoms with Gasteiger partial charge in [-0.2, -0.15) is 0 Å². The highest BCUT2D eigenvalue weighted by molar-refractivity contribution is 14.1. The molecule has 4 aliphatic rings. The fourth-order valence-corrected chi connectivity index (χ4v) is 8.21. The number of nitrogens with zero attached hydrogens (tertiary/aromatic N) is 3. The van der Waals surface area contributed by atoms with Gasteiger partial charge in [0.2, 0.25) is 3.79 Å². The van der Waals surface area contributed by atoms with Gasteiger partial charge in [-0.1, -0.05) is 35.2 Å². The molecular formula is C25H26IN3O6. The van der Waals surface area contributed by atoms with E-state index in [0.29, 0.717) is 42.3 Å². The molecule has 0 radical (unpaired) electrons. The predicted octanol–water partition coefficient (Wildman–Crippen LogP) is 1.74. The minimum Gasteiger partial charge on any atom is -0.389 e. The first-order chi connectivity index (χ1) is 16.5. The molecule has 1 spiro atoms. The van der Waals surface area contributed by atoms with Crippen LogP contribution in [0, 0.1) is 28.6 Å². The molecule has 6 rings (SSSR count). The van der Waals surface area contributed by atoms with E-state index in [4.69, 9.17) is 4.84 Å². The lowest BCUT2D eigenvalue weighted by Crippen LogP contribution is -2.55. The van der Waals surface area contributed by atoms with E-state index >= 15 is 0 Å². The van der Waals surface area contributed by atoms with Gasteiger partial charge >= 0.3 is 5.97 Å². The van der Waals surface area contributed by atoms with E-state index in [1.165, 1.54) is 0 Å². The third-order valence-electron chi connectivity index (χ3n) is 9.20. The minimum atomic E-state index is -1.42. The van der Waals surface area contributed by atoms with E-state index in [-0.39, 0.29) is 9.71 Å². The Kier molecular flexibility index (Phi) is 4.94. The van der Waals surface area contributed by atoms with Gasteiger partial charge in [-0.3, -0.25) is 4.79 Å². The molecule has 4 aliphatic carbocycles. The summed E-state index contributed by atoms with van der Waals surface area (Å²) in [6.45, 7) is 5.75. The van der Waals surface area contributed by atoms with Crippen molar-refractivity contribution in [2.75, 3.05) is 0 Å². The second-order valence-corrected chi connectivity index (χ2v) is 11.8. The number of halogens is 1. The van der Waals surface area contributed by atoms with Crippen molar-refractivity contribution in [3.63, 3.8) is 0 Å². The van der Waals surface area contributed by atoms with Crippen LogP contribution in [-0.4, -0.2) is 58.0 Å². The van der Waals surface area contributed by atoms with E-state index in [2.05, 4.69) is 16.9 Å². The zero-order chi connectivity index (χ0) is 24.9. The van der Waals surface area contributed by atoms with Crippen molar-refractivity contribution in [2.45, 2.75) is 50.4 Å². The van der Waals surface area contributed by atoms with Gasteiger partial charge < -0.3 is 20.2 Å². The number of benzene rings is 1. The molecule has 1 aromatic carbocycles. The molecule has 3 saturated carbocycles. The number of fused-ring (bicyclic) bond motifs is 4. The Bertz CT molecular complexity index is 1320. The van der Waals surface area contributed by atoms with Gasteiger partial charge in [0.05, 0.1) is 29.1 Å². The minimum absolute atomic E-state index is 0.158. The van der Waals surface area contributed by atoms with E-state index < -0.39 is 46.4 Å². The van der Waals surface area contributed by atoms with Gasteiger partial charge in [-0.05, 0) is 66.9 Å². The highest BCUT2D eigenvalue weighted by Gasteiger charge is 2.73. The lowest BCUT2D eigenvalue weighted by atomic mass is 9.60. The summed E-state index contributed by atoms with van der Waals surface area (Å²) < 4.78 is -0.344. The number of aliphatic hydroxyl groups is 3. The average molecular weight is 591 g/mol. The summed E-state index contributed by atoms with van der Waals surface area (Å²) in [4.78, 5) is 34.0. The van der Waals surface area contributed by atoms with Crippen LogP contribution >= 0.6 is 22.6 Å². The van der Waals surface area contributed by atoms with Crippen molar-refractivity contribution in [3.8, 4) is 0 Å². The van der Waals surface area contributed by atoms with Crippen LogP contribution in [0.4, 0.5) is 0 Å². The first-order valence-corrected chi connectivity index (χ1v) is 12.8. The molecule has 10 heteroatoms. The molecule has 9 nitrogen and oxygen atoms in total. The fraction of sp³-hybridized carbons (Fsp3) is 0.520. The monoisotopic (exact) mass is 591 g/mol. The molecule has 184 valence electrons. The number of hydrogen-bond donors (Lipinski definition) is 3. The van der Waals surface area contributed by atoms with Crippen molar-refractivity contribution in [1.29, 1.82) is 0 Å². The van der Waals surface area contributed by atoms with Crippen LogP contribution in [0.1, 0.15) is 32.6 Å². The van der Waals surface area contributed by atoms with Crippen LogP contribution in [0.3, 0.4) is 0 Å². The Hall–Kier alpha value is -2.15. The van der Waals surface area contributed by atoms with Gasteiger partial charge in [0.25, 0.3) is 0 Å². The van der Waals surface area contributed by atoms with Crippen molar-refractivity contribution in [2.24, 2.45) is 28.6 Å². The summed E-state index contributed by atoms with van der Waals surface area (Å²) in [7, 11) is 0. The number of hydrogen-bond acceptors (Lipinski definition) is 8. The van der Waals surface area contributed by atoms with E-state index in [9.17, 15) is 24.9 Å². The number of aromatic nitrogens is 3. The van der Waals surface area contributed by atoms with Crippen molar-refractivity contribution < 1.29 is 29.7 Å². The Morgan fingerprint density at radius 2 is 2.03 bits per heavy atom. The van der Waals surface area contributed by atoms with E-state index in [1.54, 1.807) is 59.9 Å². The first-order valence-electron chi connectivity index (χ1n) is 11.7. The van der Waals surface area contributed by atoms with Crippen LogP contribution < -0.4 is 4.84 Å². The molecule has 2 bridgehead atoms. The maximum atomic E-state index is 14.1. The second kappa shape index (κ2) is 7.44. The molecule has 0 amide bonds. The average Bonchev–Trinajstić information content (AvgIpc) is 3.40. The number of carbonyl (C=O) groups excluding carboxylic acids is 2. The molecule has 1 aromatic heterocycles. The SMILES string of the molecule is C=C1C[C@]23C[C@@]1(O)CC[C@H]2C1=C[C@@H](O)[C@H](O)[C@@](C)(C(=O)I)[C@H]1[C@@H]3C(=O)On1nnc2ccccc21. The van der Waals surface area contributed by atoms with Gasteiger partial charge in [0, 0.05) is 28.5 Å². The smallest absolute Gasteiger partial charge is 0.339 e. The molecular weight excluding hydrogens is 565 g/mol.